The Kier molecular flexibility index (Phi) is 4.46. The molecule has 1 atom stereocenters. The molecular weight excluding hydrogens is 326 g/mol. The SMILES string of the molecule is CC(C)(C)OC(=O)NC1CSCc2ccc(Br)cc21. The van der Waals surface area contributed by atoms with Gasteiger partial charge in [0.15, 0.2) is 0 Å². The first-order valence-corrected chi connectivity index (χ1v) is 8.15. The molecular formula is C14H18BrNO2S. The second-order valence-electron chi connectivity index (χ2n) is 5.56. The van der Waals surface area contributed by atoms with E-state index >= 15 is 0 Å². The van der Waals surface area contributed by atoms with Crippen molar-refractivity contribution in [3.8, 4) is 0 Å². The lowest BCUT2D eigenvalue weighted by Crippen LogP contribution is -2.37. The van der Waals surface area contributed by atoms with E-state index in [0.717, 1.165) is 16.0 Å². The summed E-state index contributed by atoms with van der Waals surface area (Å²) in [7, 11) is 0. The van der Waals surface area contributed by atoms with E-state index in [1.54, 1.807) is 0 Å². The molecule has 0 saturated carbocycles. The van der Waals surface area contributed by atoms with Gasteiger partial charge in [-0.3, -0.25) is 0 Å². The molecule has 3 nitrogen and oxygen atoms in total. The summed E-state index contributed by atoms with van der Waals surface area (Å²) in [4.78, 5) is 11.9. The highest BCUT2D eigenvalue weighted by atomic mass is 79.9. The van der Waals surface area contributed by atoms with Gasteiger partial charge in [0.1, 0.15) is 5.60 Å². The zero-order chi connectivity index (χ0) is 14.0. The minimum Gasteiger partial charge on any atom is -0.444 e. The van der Waals surface area contributed by atoms with Crippen molar-refractivity contribution in [2.45, 2.75) is 38.2 Å². The summed E-state index contributed by atoms with van der Waals surface area (Å²) in [5, 5.41) is 2.96. The molecule has 1 heterocycles. The molecule has 1 aromatic carbocycles. The molecule has 0 spiro atoms. The zero-order valence-corrected chi connectivity index (χ0v) is 13.7. The second kappa shape index (κ2) is 5.75. The van der Waals surface area contributed by atoms with Crippen LogP contribution < -0.4 is 5.32 Å². The van der Waals surface area contributed by atoms with E-state index < -0.39 is 5.60 Å². The quantitative estimate of drug-likeness (QED) is 0.827. The highest BCUT2D eigenvalue weighted by Gasteiger charge is 2.25. The number of ether oxygens (including phenoxy) is 1. The van der Waals surface area contributed by atoms with E-state index in [1.807, 2.05) is 38.6 Å². The van der Waals surface area contributed by atoms with Crippen molar-refractivity contribution in [3.05, 3.63) is 33.8 Å². The van der Waals surface area contributed by atoms with Crippen LogP contribution in [0, 0.1) is 0 Å². The van der Waals surface area contributed by atoms with Crippen LogP contribution >= 0.6 is 27.7 Å². The number of carbonyl (C=O) groups excluding carboxylic acids is 1. The highest BCUT2D eigenvalue weighted by molar-refractivity contribution is 9.10. The minimum absolute atomic E-state index is 0.0149. The Morgan fingerprint density at radius 3 is 2.89 bits per heavy atom. The van der Waals surface area contributed by atoms with Gasteiger partial charge in [0.05, 0.1) is 6.04 Å². The molecule has 0 aromatic heterocycles. The molecule has 0 aliphatic carbocycles. The molecule has 1 amide bonds. The van der Waals surface area contributed by atoms with Gasteiger partial charge < -0.3 is 10.1 Å². The summed E-state index contributed by atoms with van der Waals surface area (Å²) in [5.74, 6) is 1.87. The standard InChI is InChI=1S/C14H18BrNO2S/c1-14(2,3)18-13(17)16-12-8-19-7-9-4-5-10(15)6-11(9)12/h4-6,12H,7-8H2,1-3H3,(H,16,17). The molecule has 5 heteroatoms. The van der Waals surface area contributed by atoms with E-state index in [-0.39, 0.29) is 12.1 Å². The maximum Gasteiger partial charge on any atom is 0.408 e. The number of halogens is 1. The Morgan fingerprint density at radius 1 is 1.47 bits per heavy atom. The predicted octanol–water partition coefficient (Wildman–Crippen LogP) is 4.26. The number of nitrogens with one attached hydrogen (secondary N) is 1. The maximum absolute atomic E-state index is 11.9. The number of hydrogen-bond acceptors (Lipinski definition) is 3. The molecule has 0 saturated heterocycles. The third kappa shape index (κ3) is 4.14. The topological polar surface area (TPSA) is 38.3 Å². The van der Waals surface area contributed by atoms with Gasteiger partial charge in [-0.15, -0.1) is 0 Å². The normalized spacial score (nSPS) is 18.6. The third-order valence-corrected chi connectivity index (χ3v) is 4.29. The zero-order valence-electron chi connectivity index (χ0n) is 11.3. The molecule has 0 fully saturated rings. The number of hydrogen-bond donors (Lipinski definition) is 1. The van der Waals surface area contributed by atoms with Crippen LogP contribution in [0.25, 0.3) is 0 Å². The Morgan fingerprint density at radius 2 is 2.21 bits per heavy atom. The number of rotatable bonds is 1. The van der Waals surface area contributed by atoms with Gasteiger partial charge in [-0.2, -0.15) is 11.8 Å². The lowest BCUT2D eigenvalue weighted by molar-refractivity contribution is 0.0508. The van der Waals surface area contributed by atoms with Crippen LogP contribution in [0.3, 0.4) is 0 Å². The van der Waals surface area contributed by atoms with E-state index in [9.17, 15) is 4.79 Å². The predicted molar refractivity (Wildman–Crippen MR) is 82.4 cm³/mol. The van der Waals surface area contributed by atoms with Crippen LogP contribution in [0.4, 0.5) is 4.79 Å². The minimum atomic E-state index is -0.466. The highest BCUT2D eigenvalue weighted by Crippen LogP contribution is 2.33. The Labute approximate surface area is 126 Å². The smallest absolute Gasteiger partial charge is 0.408 e. The van der Waals surface area contributed by atoms with Gasteiger partial charge in [0.25, 0.3) is 0 Å². The van der Waals surface area contributed by atoms with E-state index in [2.05, 4.69) is 33.4 Å². The molecule has 1 N–H and O–H groups in total. The van der Waals surface area contributed by atoms with Crippen molar-refractivity contribution in [2.75, 3.05) is 5.75 Å². The van der Waals surface area contributed by atoms with Gasteiger partial charge in [0, 0.05) is 16.0 Å². The second-order valence-corrected chi connectivity index (χ2v) is 7.50. The summed E-state index contributed by atoms with van der Waals surface area (Å²) in [6.07, 6.45) is -0.356. The first kappa shape index (κ1) is 14.7. The molecule has 0 radical (unpaired) electrons. The fourth-order valence-electron chi connectivity index (χ4n) is 1.97. The van der Waals surface area contributed by atoms with Crippen LogP contribution in [0.5, 0.6) is 0 Å². The fraction of sp³-hybridized carbons (Fsp3) is 0.500. The van der Waals surface area contributed by atoms with E-state index in [4.69, 9.17) is 4.74 Å². The largest absolute Gasteiger partial charge is 0.444 e. The van der Waals surface area contributed by atoms with Crippen LogP contribution in [0.1, 0.15) is 37.9 Å². The van der Waals surface area contributed by atoms with Crippen molar-refractivity contribution >= 4 is 33.8 Å². The summed E-state index contributed by atoms with van der Waals surface area (Å²) in [6, 6.07) is 6.24. The van der Waals surface area contributed by atoms with Gasteiger partial charge in [0.2, 0.25) is 0 Å². The van der Waals surface area contributed by atoms with Gasteiger partial charge in [-0.25, -0.2) is 4.79 Å². The molecule has 104 valence electrons. The van der Waals surface area contributed by atoms with Crippen molar-refractivity contribution < 1.29 is 9.53 Å². The fourth-order valence-corrected chi connectivity index (χ4v) is 3.45. The van der Waals surface area contributed by atoms with Gasteiger partial charge >= 0.3 is 6.09 Å². The third-order valence-electron chi connectivity index (χ3n) is 2.72. The number of fused-ring (bicyclic) bond motifs is 1. The first-order valence-electron chi connectivity index (χ1n) is 6.21. The van der Waals surface area contributed by atoms with Crippen LogP contribution in [-0.2, 0) is 10.5 Å². The number of carbonyl (C=O) groups is 1. The van der Waals surface area contributed by atoms with E-state index in [0.29, 0.717) is 0 Å². The Bertz CT molecular complexity index is 485. The van der Waals surface area contributed by atoms with Crippen molar-refractivity contribution in [3.63, 3.8) is 0 Å². The Hall–Kier alpha value is -0.680. The van der Waals surface area contributed by atoms with E-state index in [1.165, 1.54) is 11.1 Å². The van der Waals surface area contributed by atoms with Gasteiger partial charge in [-0.1, -0.05) is 22.0 Å². The molecule has 2 rings (SSSR count). The number of alkyl carbamates (subject to hydrolysis) is 1. The summed E-state index contributed by atoms with van der Waals surface area (Å²) < 4.78 is 6.35. The molecule has 19 heavy (non-hydrogen) atoms. The molecule has 1 aromatic rings. The summed E-state index contributed by atoms with van der Waals surface area (Å²) >= 11 is 5.31. The summed E-state index contributed by atoms with van der Waals surface area (Å²) in [5.41, 5.74) is 1.99. The molecule has 1 aliphatic rings. The van der Waals surface area contributed by atoms with Crippen LogP contribution in [0.2, 0.25) is 0 Å². The first-order chi connectivity index (χ1) is 8.85. The maximum atomic E-state index is 11.9. The number of thioether (sulfide) groups is 1. The summed E-state index contributed by atoms with van der Waals surface area (Å²) in [6.45, 7) is 5.60. The van der Waals surface area contributed by atoms with Crippen molar-refractivity contribution in [1.82, 2.24) is 5.32 Å². The monoisotopic (exact) mass is 343 g/mol. The molecule has 0 bridgehead atoms. The van der Waals surface area contributed by atoms with Crippen LogP contribution in [0.15, 0.2) is 22.7 Å². The Balaban J connectivity index is 2.11. The number of benzene rings is 1. The average molecular weight is 344 g/mol. The molecule has 1 aliphatic heterocycles. The lowest BCUT2D eigenvalue weighted by Gasteiger charge is -2.28. The van der Waals surface area contributed by atoms with Gasteiger partial charge in [-0.05, 0) is 44.0 Å². The number of amides is 1. The lowest BCUT2D eigenvalue weighted by atomic mass is 10.0. The average Bonchev–Trinajstić information content (AvgIpc) is 2.27. The van der Waals surface area contributed by atoms with Crippen molar-refractivity contribution in [1.29, 1.82) is 0 Å². The van der Waals surface area contributed by atoms with Crippen LogP contribution in [-0.4, -0.2) is 17.4 Å². The molecule has 1 unspecified atom stereocenters. The van der Waals surface area contributed by atoms with Crippen molar-refractivity contribution in [2.24, 2.45) is 0 Å².